The lowest BCUT2D eigenvalue weighted by molar-refractivity contribution is 0.0203. The van der Waals surface area contributed by atoms with Gasteiger partial charge in [0, 0.05) is 26.2 Å². The van der Waals surface area contributed by atoms with Crippen molar-refractivity contribution in [3.63, 3.8) is 0 Å². The van der Waals surface area contributed by atoms with Gasteiger partial charge in [0.05, 0.1) is 25.3 Å². The van der Waals surface area contributed by atoms with Crippen LogP contribution in [0.3, 0.4) is 0 Å². The standard InChI is InChI=1S/C22H27NO4.C22H25NO4/c2*1-22(2,3)27-21(25)23-13-11-15(12-14-23)16-7-5-9-18-17(16)8-6-10-19(18)20(24)26-4/h5-10,15H,11-14H2,1-4H3;5-11H,12-14H2,1-4H3. The van der Waals surface area contributed by atoms with E-state index in [1.807, 2.05) is 84.0 Å². The number of methoxy groups -OCH3 is 2. The summed E-state index contributed by atoms with van der Waals surface area (Å²) in [7, 11) is 2.79. The third-order valence-electron chi connectivity index (χ3n) is 9.48. The molecule has 2 heterocycles. The number of rotatable bonds is 4. The van der Waals surface area contributed by atoms with Crippen LogP contribution >= 0.6 is 0 Å². The average molecular weight is 737 g/mol. The lowest BCUT2D eigenvalue weighted by Gasteiger charge is -2.34. The number of carbonyl (C=O) groups is 4. The highest BCUT2D eigenvalue weighted by atomic mass is 16.6. The van der Waals surface area contributed by atoms with Gasteiger partial charge in [-0.3, -0.25) is 0 Å². The van der Waals surface area contributed by atoms with Crippen LogP contribution in [0, 0.1) is 0 Å². The molecule has 2 aliphatic heterocycles. The van der Waals surface area contributed by atoms with Crippen LogP contribution in [0.4, 0.5) is 9.59 Å². The van der Waals surface area contributed by atoms with Gasteiger partial charge in [-0.25, -0.2) is 19.2 Å². The van der Waals surface area contributed by atoms with E-state index in [0.29, 0.717) is 43.2 Å². The molecule has 10 nitrogen and oxygen atoms in total. The van der Waals surface area contributed by atoms with Crippen LogP contribution in [0.2, 0.25) is 0 Å². The summed E-state index contributed by atoms with van der Waals surface area (Å²) >= 11 is 0. The molecule has 0 aliphatic carbocycles. The zero-order valence-corrected chi connectivity index (χ0v) is 32.7. The second-order valence-corrected chi connectivity index (χ2v) is 15.6. The first kappa shape index (κ1) is 39.8. The normalized spacial score (nSPS) is 15.1. The van der Waals surface area contributed by atoms with Crippen LogP contribution in [0.25, 0.3) is 27.1 Å². The molecule has 0 N–H and O–H groups in total. The molecule has 0 saturated carbocycles. The first-order chi connectivity index (χ1) is 25.6. The number of fused-ring (bicyclic) bond motifs is 2. The molecule has 0 spiro atoms. The second-order valence-electron chi connectivity index (χ2n) is 15.6. The molecule has 0 radical (unpaired) electrons. The van der Waals surface area contributed by atoms with Crippen molar-refractivity contribution in [1.82, 2.24) is 9.80 Å². The van der Waals surface area contributed by atoms with E-state index in [-0.39, 0.29) is 24.1 Å². The summed E-state index contributed by atoms with van der Waals surface area (Å²) in [5.41, 5.74) is 3.65. The molecular formula is C44H52N2O8. The highest BCUT2D eigenvalue weighted by Gasteiger charge is 2.29. The van der Waals surface area contributed by atoms with Crippen molar-refractivity contribution in [3.05, 3.63) is 101 Å². The second kappa shape index (κ2) is 16.7. The summed E-state index contributed by atoms with van der Waals surface area (Å²) in [6.45, 7) is 13.7. The Bertz CT molecular complexity index is 2050. The fraction of sp³-hybridized carbons (Fsp3) is 0.409. The maximum Gasteiger partial charge on any atom is 0.410 e. The molecule has 4 aromatic rings. The van der Waals surface area contributed by atoms with E-state index in [1.165, 1.54) is 25.4 Å². The van der Waals surface area contributed by atoms with E-state index in [0.717, 1.165) is 46.4 Å². The molecule has 4 aromatic carbocycles. The summed E-state index contributed by atoms with van der Waals surface area (Å²) < 4.78 is 20.7. The number of esters is 2. The minimum atomic E-state index is -0.499. The monoisotopic (exact) mass is 736 g/mol. The van der Waals surface area contributed by atoms with Crippen LogP contribution in [0.1, 0.15) is 98.6 Å². The van der Waals surface area contributed by atoms with Crippen molar-refractivity contribution < 1.29 is 38.1 Å². The zero-order valence-electron chi connectivity index (χ0n) is 32.7. The number of piperidine rings is 1. The molecular weight excluding hydrogens is 684 g/mol. The van der Waals surface area contributed by atoms with Crippen molar-refractivity contribution in [3.8, 4) is 0 Å². The topological polar surface area (TPSA) is 112 Å². The molecule has 2 aliphatic rings. The van der Waals surface area contributed by atoms with Gasteiger partial charge in [-0.1, -0.05) is 66.7 Å². The summed E-state index contributed by atoms with van der Waals surface area (Å²) in [6.07, 6.45) is 4.02. The molecule has 0 unspecified atom stereocenters. The largest absolute Gasteiger partial charge is 0.465 e. The van der Waals surface area contributed by atoms with Gasteiger partial charge < -0.3 is 28.7 Å². The smallest absolute Gasteiger partial charge is 0.410 e. The summed E-state index contributed by atoms with van der Waals surface area (Å²) in [5, 5.41) is 3.88. The van der Waals surface area contributed by atoms with Crippen molar-refractivity contribution in [2.24, 2.45) is 0 Å². The Morgan fingerprint density at radius 1 is 0.593 bits per heavy atom. The molecule has 10 heteroatoms. The lowest BCUT2D eigenvalue weighted by atomic mass is 9.85. The molecule has 286 valence electrons. The summed E-state index contributed by atoms with van der Waals surface area (Å²) in [4.78, 5) is 52.1. The summed E-state index contributed by atoms with van der Waals surface area (Å²) in [5.74, 6) is -0.316. The average Bonchev–Trinajstić information content (AvgIpc) is 3.15. The Morgan fingerprint density at radius 2 is 1.07 bits per heavy atom. The number of carbonyl (C=O) groups excluding carboxylic acids is 4. The van der Waals surface area contributed by atoms with Crippen molar-refractivity contribution in [1.29, 1.82) is 0 Å². The van der Waals surface area contributed by atoms with Crippen LogP contribution < -0.4 is 0 Å². The molecule has 1 fully saturated rings. The molecule has 54 heavy (non-hydrogen) atoms. The minimum Gasteiger partial charge on any atom is -0.465 e. The Kier molecular flexibility index (Phi) is 12.3. The molecule has 2 amide bonds. The van der Waals surface area contributed by atoms with Crippen LogP contribution in [0.15, 0.2) is 78.9 Å². The van der Waals surface area contributed by atoms with Crippen molar-refractivity contribution in [2.45, 2.75) is 77.9 Å². The highest BCUT2D eigenvalue weighted by Crippen LogP contribution is 2.35. The van der Waals surface area contributed by atoms with Gasteiger partial charge in [0.2, 0.25) is 0 Å². The van der Waals surface area contributed by atoms with Crippen molar-refractivity contribution in [2.75, 3.05) is 40.4 Å². The number of nitrogens with zero attached hydrogens (tertiary/aromatic N) is 2. The van der Waals surface area contributed by atoms with Crippen LogP contribution in [-0.4, -0.2) is 85.5 Å². The van der Waals surface area contributed by atoms with Gasteiger partial charge in [-0.05, 0) is 117 Å². The van der Waals surface area contributed by atoms with Gasteiger partial charge in [-0.15, -0.1) is 0 Å². The van der Waals surface area contributed by atoms with E-state index in [4.69, 9.17) is 18.9 Å². The number of ether oxygens (including phenoxy) is 4. The quantitative estimate of drug-likeness (QED) is 0.151. The van der Waals surface area contributed by atoms with E-state index >= 15 is 0 Å². The number of likely N-dealkylation sites (tertiary alicyclic amines) is 1. The Labute approximate surface area is 318 Å². The first-order valence-corrected chi connectivity index (χ1v) is 18.5. The third-order valence-corrected chi connectivity index (χ3v) is 9.48. The van der Waals surface area contributed by atoms with Gasteiger partial charge >= 0.3 is 24.1 Å². The Balaban J connectivity index is 0.000000208. The molecule has 6 rings (SSSR count). The highest BCUT2D eigenvalue weighted by molar-refractivity contribution is 6.07. The fourth-order valence-corrected chi connectivity index (χ4v) is 6.96. The Hall–Kier alpha value is -5.38. The maximum absolute atomic E-state index is 12.3. The Morgan fingerprint density at radius 3 is 1.59 bits per heavy atom. The predicted octanol–water partition coefficient (Wildman–Crippen LogP) is 9.39. The van der Waals surface area contributed by atoms with Crippen LogP contribution in [-0.2, 0) is 18.9 Å². The maximum atomic E-state index is 12.3. The molecule has 0 bridgehead atoms. The lowest BCUT2D eigenvalue weighted by Crippen LogP contribution is -2.41. The molecule has 0 aromatic heterocycles. The number of hydrogen-bond acceptors (Lipinski definition) is 8. The van der Waals surface area contributed by atoms with E-state index in [1.54, 1.807) is 21.9 Å². The third kappa shape index (κ3) is 9.58. The predicted molar refractivity (Wildman–Crippen MR) is 211 cm³/mol. The first-order valence-electron chi connectivity index (χ1n) is 18.5. The molecule has 0 atom stereocenters. The van der Waals surface area contributed by atoms with Gasteiger partial charge in [0.1, 0.15) is 11.2 Å². The minimum absolute atomic E-state index is 0.244. The number of hydrogen-bond donors (Lipinski definition) is 0. The van der Waals surface area contributed by atoms with E-state index in [9.17, 15) is 19.2 Å². The van der Waals surface area contributed by atoms with Gasteiger partial charge in [0.15, 0.2) is 0 Å². The van der Waals surface area contributed by atoms with Gasteiger partial charge in [0.25, 0.3) is 0 Å². The van der Waals surface area contributed by atoms with Crippen molar-refractivity contribution >= 4 is 51.2 Å². The van der Waals surface area contributed by atoms with E-state index in [2.05, 4.69) is 24.3 Å². The summed E-state index contributed by atoms with van der Waals surface area (Å²) in [6, 6.07) is 23.4. The number of amides is 2. The van der Waals surface area contributed by atoms with Crippen LogP contribution in [0.5, 0.6) is 0 Å². The SMILES string of the molecule is COC(=O)c1cccc2c(C3=CCN(C(=O)OC(C)(C)C)CC3)cccc12.COC(=O)c1cccc2c(C3CCN(C(=O)OC(C)(C)C)CC3)cccc12. The van der Waals surface area contributed by atoms with Gasteiger partial charge in [-0.2, -0.15) is 0 Å². The van der Waals surface area contributed by atoms with E-state index < -0.39 is 11.2 Å². The number of benzene rings is 4. The zero-order chi connectivity index (χ0) is 39.2. The fourth-order valence-electron chi connectivity index (χ4n) is 6.96. The molecule has 1 saturated heterocycles.